The molecule has 2 rings (SSSR count). The van der Waals surface area contributed by atoms with Crippen LogP contribution in [0.1, 0.15) is 5.69 Å². The van der Waals surface area contributed by atoms with Crippen LogP contribution >= 0.6 is 0 Å². The number of nitrogens with zero attached hydrogens (tertiary/aromatic N) is 4. The summed E-state index contributed by atoms with van der Waals surface area (Å²) in [6.45, 7) is 2.61. The molecule has 2 heterocycles. The van der Waals surface area contributed by atoms with E-state index in [-0.39, 0.29) is 6.61 Å². The van der Waals surface area contributed by atoms with Gasteiger partial charge >= 0.3 is 0 Å². The molecule has 0 radical (unpaired) electrons. The van der Waals surface area contributed by atoms with E-state index in [1.165, 1.54) is 0 Å². The number of nitrogen functional groups attached to an aromatic ring is 1. The number of aromatic nitrogens is 4. The van der Waals surface area contributed by atoms with E-state index in [1.807, 2.05) is 14.0 Å². The molecule has 4 N–H and O–H groups in total. The Morgan fingerprint density at radius 3 is 2.89 bits per heavy atom. The Morgan fingerprint density at radius 2 is 2.22 bits per heavy atom. The Balaban J connectivity index is 2.17. The monoisotopic (exact) mass is 252 g/mol. The van der Waals surface area contributed by atoms with Crippen molar-refractivity contribution in [2.45, 2.75) is 13.5 Å². The third-order valence-corrected chi connectivity index (χ3v) is 2.62. The van der Waals surface area contributed by atoms with E-state index >= 15 is 0 Å². The van der Waals surface area contributed by atoms with Gasteiger partial charge in [0.05, 0.1) is 18.8 Å². The predicted octanol–water partition coefficient (Wildman–Crippen LogP) is -0.838. The number of imidazole rings is 1. The van der Waals surface area contributed by atoms with Crippen molar-refractivity contribution in [2.24, 2.45) is 12.8 Å². The van der Waals surface area contributed by atoms with Crippen LogP contribution in [0, 0.1) is 6.92 Å². The fraction of sp³-hybridized carbons (Fsp3) is 0.500. The molecule has 8 heteroatoms. The Labute approximate surface area is 104 Å². The second-order valence-corrected chi connectivity index (χ2v) is 4.02. The maximum absolute atomic E-state index is 10.5. The number of amides is 1. The number of nitrogens with two attached hydrogens (primary N) is 2. The molecule has 0 saturated heterocycles. The highest BCUT2D eigenvalue weighted by atomic mass is 16.5. The van der Waals surface area contributed by atoms with E-state index in [4.69, 9.17) is 16.2 Å². The van der Waals surface area contributed by atoms with Crippen LogP contribution in [-0.4, -0.2) is 38.5 Å². The fourth-order valence-corrected chi connectivity index (χ4v) is 1.90. The molecular formula is C10H16N6O2. The van der Waals surface area contributed by atoms with E-state index in [0.717, 1.165) is 16.9 Å². The lowest BCUT2D eigenvalue weighted by molar-refractivity contribution is -0.122. The first-order valence-electron chi connectivity index (χ1n) is 5.52. The third-order valence-electron chi connectivity index (χ3n) is 2.62. The molecule has 0 aliphatic heterocycles. The molecule has 0 bridgehead atoms. The lowest BCUT2D eigenvalue weighted by atomic mass is 10.4. The van der Waals surface area contributed by atoms with E-state index in [2.05, 4.69) is 10.1 Å². The van der Waals surface area contributed by atoms with Crippen molar-refractivity contribution in [3.8, 4) is 0 Å². The van der Waals surface area contributed by atoms with Gasteiger partial charge in [-0.15, -0.1) is 0 Å². The Hall–Kier alpha value is -2.09. The molecule has 0 aromatic carbocycles. The van der Waals surface area contributed by atoms with Crippen LogP contribution in [0.3, 0.4) is 0 Å². The standard InChI is InChI=1S/C10H16N6O2/c1-6-8-9(15(2)14-6)16(10(12)13-8)3-4-18-5-7(11)17/h3-5H2,1-2H3,(H2,11,17)(H2,12,13). The third kappa shape index (κ3) is 2.14. The van der Waals surface area contributed by atoms with Gasteiger partial charge in [0.15, 0.2) is 5.65 Å². The van der Waals surface area contributed by atoms with Crippen molar-refractivity contribution in [3.63, 3.8) is 0 Å². The van der Waals surface area contributed by atoms with Crippen molar-refractivity contribution in [1.29, 1.82) is 0 Å². The number of rotatable bonds is 5. The molecule has 2 aromatic rings. The summed E-state index contributed by atoms with van der Waals surface area (Å²) < 4.78 is 8.64. The average molecular weight is 252 g/mol. The van der Waals surface area contributed by atoms with Gasteiger partial charge in [0.25, 0.3) is 0 Å². The molecule has 0 spiro atoms. The number of hydrogen-bond acceptors (Lipinski definition) is 5. The number of hydrogen-bond donors (Lipinski definition) is 2. The first kappa shape index (κ1) is 12.4. The van der Waals surface area contributed by atoms with Crippen molar-refractivity contribution in [1.82, 2.24) is 19.3 Å². The molecule has 1 amide bonds. The number of carbonyl (C=O) groups excluding carboxylic acids is 1. The van der Waals surface area contributed by atoms with Gasteiger partial charge in [-0.1, -0.05) is 0 Å². The maximum Gasteiger partial charge on any atom is 0.243 e. The van der Waals surface area contributed by atoms with Gasteiger partial charge in [-0.3, -0.25) is 14.0 Å². The van der Waals surface area contributed by atoms with Crippen LogP contribution in [0.15, 0.2) is 0 Å². The highest BCUT2D eigenvalue weighted by molar-refractivity contribution is 5.77. The summed E-state index contributed by atoms with van der Waals surface area (Å²) in [5, 5.41) is 4.27. The molecule has 0 unspecified atom stereocenters. The maximum atomic E-state index is 10.5. The Morgan fingerprint density at radius 1 is 1.50 bits per heavy atom. The molecule has 2 aromatic heterocycles. The zero-order valence-corrected chi connectivity index (χ0v) is 10.4. The molecule has 0 aliphatic rings. The highest BCUT2D eigenvalue weighted by Gasteiger charge is 2.15. The van der Waals surface area contributed by atoms with Crippen molar-refractivity contribution >= 4 is 23.0 Å². The summed E-state index contributed by atoms with van der Waals surface area (Å²) in [4.78, 5) is 14.8. The van der Waals surface area contributed by atoms with E-state index in [9.17, 15) is 4.79 Å². The molecule has 98 valence electrons. The van der Waals surface area contributed by atoms with E-state index in [0.29, 0.717) is 19.1 Å². The van der Waals surface area contributed by atoms with Gasteiger partial charge in [0, 0.05) is 7.05 Å². The summed E-state index contributed by atoms with van der Waals surface area (Å²) >= 11 is 0. The van der Waals surface area contributed by atoms with E-state index < -0.39 is 5.91 Å². The number of aryl methyl sites for hydroxylation is 2. The minimum absolute atomic E-state index is 0.0951. The fourth-order valence-electron chi connectivity index (χ4n) is 1.90. The van der Waals surface area contributed by atoms with Gasteiger partial charge in [-0.25, -0.2) is 4.98 Å². The van der Waals surface area contributed by atoms with Gasteiger partial charge in [-0.2, -0.15) is 5.10 Å². The summed E-state index contributed by atoms with van der Waals surface area (Å²) in [6.07, 6.45) is 0. The Kier molecular flexibility index (Phi) is 3.19. The van der Waals surface area contributed by atoms with Crippen LogP contribution in [0.25, 0.3) is 11.2 Å². The summed E-state index contributed by atoms with van der Waals surface area (Å²) in [7, 11) is 1.83. The molecule has 0 aliphatic carbocycles. The number of ether oxygens (including phenoxy) is 1. The molecule has 0 saturated carbocycles. The van der Waals surface area contributed by atoms with Crippen LogP contribution in [0.5, 0.6) is 0 Å². The van der Waals surface area contributed by atoms with Crippen LogP contribution < -0.4 is 11.5 Å². The summed E-state index contributed by atoms with van der Waals surface area (Å²) in [6, 6.07) is 0. The minimum Gasteiger partial charge on any atom is -0.370 e. The molecule has 8 nitrogen and oxygen atoms in total. The SMILES string of the molecule is Cc1nn(C)c2c1nc(N)n2CCOCC(N)=O. The summed E-state index contributed by atoms with van der Waals surface area (Å²) in [5.74, 6) is -0.0843. The second-order valence-electron chi connectivity index (χ2n) is 4.02. The minimum atomic E-state index is -0.491. The normalized spacial score (nSPS) is 11.2. The number of carbonyl (C=O) groups is 1. The topological polar surface area (TPSA) is 114 Å². The predicted molar refractivity (Wildman–Crippen MR) is 65.7 cm³/mol. The quantitative estimate of drug-likeness (QED) is 0.673. The lowest BCUT2D eigenvalue weighted by Gasteiger charge is -2.06. The molecule has 0 fully saturated rings. The highest BCUT2D eigenvalue weighted by Crippen LogP contribution is 2.19. The number of primary amides is 1. The first-order valence-corrected chi connectivity index (χ1v) is 5.52. The van der Waals surface area contributed by atoms with Gasteiger partial charge in [0.1, 0.15) is 12.1 Å². The zero-order valence-electron chi connectivity index (χ0n) is 10.4. The second kappa shape index (κ2) is 4.65. The molecule has 0 atom stereocenters. The Bertz CT molecular complexity index is 585. The number of anilines is 1. The first-order chi connectivity index (χ1) is 8.50. The molecular weight excluding hydrogens is 236 g/mol. The lowest BCUT2D eigenvalue weighted by Crippen LogP contribution is -2.20. The zero-order chi connectivity index (χ0) is 13.3. The van der Waals surface area contributed by atoms with Crippen LogP contribution in [0.2, 0.25) is 0 Å². The van der Waals surface area contributed by atoms with Crippen LogP contribution in [-0.2, 0) is 23.1 Å². The molecule has 18 heavy (non-hydrogen) atoms. The van der Waals surface area contributed by atoms with Gasteiger partial charge in [-0.05, 0) is 6.92 Å². The number of fused-ring (bicyclic) bond motifs is 1. The average Bonchev–Trinajstić information content (AvgIpc) is 2.74. The van der Waals surface area contributed by atoms with Crippen molar-refractivity contribution in [2.75, 3.05) is 18.9 Å². The van der Waals surface area contributed by atoms with Crippen molar-refractivity contribution < 1.29 is 9.53 Å². The summed E-state index contributed by atoms with van der Waals surface area (Å²) in [5.41, 5.74) is 13.3. The smallest absolute Gasteiger partial charge is 0.243 e. The van der Waals surface area contributed by atoms with Crippen LogP contribution in [0.4, 0.5) is 5.95 Å². The largest absolute Gasteiger partial charge is 0.370 e. The van der Waals surface area contributed by atoms with Gasteiger partial charge < -0.3 is 16.2 Å². The van der Waals surface area contributed by atoms with Crippen molar-refractivity contribution in [3.05, 3.63) is 5.69 Å². The van der Waals surface area contributed by atoms with Gasteiger partial charge in [0.2, 0.25) is 11.9 Å². The van der Waals surface area contributed by atoms with E-state index in [1.54, 1.807) is 9.25 Å².